The molecule has 1 aromatic rings. The van der Waals surface area contributed by atoms with Crippen LogP contribution in [0.4, 0.5) is 0 Å². The van der Waals surface area contributed by atoms with Crippen LogP contribution in [0.3, 0.4) is 0 Å². The molecule has 1 unspecified atom stereocenters. The fourth-order valence-corrected chi connectivity index (χ4v) is 6.18. The predicted molar refractivity (Wildman–Crippen MR) is 102 cm³/mol. The highest BCUT2D eigenvalue weighted by atomic mass is 32.2. The van der Waals surface area contributed by atoms with Crippen LogP contribution < -0.4 is 0 Å². The Morgan fingerprint density at radius 3 is 2.33 bits per heavy atom. The maximum absolute atomic E-state index is 13.3. The van der Waals surface area contributed by atoms with Crippen molar-refractivity contribution in [3.63, 3.8) is 0 Å². The van der Waals surface area contributed by atoms with Crippen molar-refractivity contribution in [1.29, 1.82) is 0 Å². The van der Waals surface area contributed by atoms with Crippen molar-refractivity contribution in [3.8, 4) is 0 Å². The van der Waals surface area contributed by atoms with E-state index in [2.05, 4.69) is 25.7 Å². The van der Waals surface area contributed by atoms with E-state index in [0.29, 0.717) is 19.3 Å². The van der Waals surface area contributed by atoms with Gasteiger partial charge in [-0.05, 0) is 37.4 Å². The molecule has 0 aliphatic heterocycles. The number of Topliss-reactive ketones (excluding diaryl/α,β-unsaturated/α-hetero) is 1. The fourth-order valence-electron chi connectivity index (χ4n) is 3.21. The van der Waals surface area contributed by atoms with Crippen molar-refractivity contribution in [1.82, 2.24) is 0 Å². The molecule has 0 N–H and O–H groups in total. The molecule has 1 saturated carbocycles. The van der Waals surface area contributed by atoms with Crippen molar-refractivity contribution < 1.29 is 13.2 Å². The zero-order chi connectivity index (χ0) is 17.8. The van der Waals surface area contributed by atoms with Crippen molar-refractivity contribution in [3.05, 3.63) is 42.5 Å². The Hall–Kier alpha value is -1.20. The van der Waals surface area contributed by atoms with Gasteiger partial charge < -0.3 is 0 Å². The first-order valence-corrected chi connectivity index (χ1v) is 13.9. The Morgan fingerprint density at radius 2 is 1.75 bits per heavy atom. The van der Waals surface area contributed by atoms with Crippen LogP contribution in [0.25, 0.3) is 0 Å². The highest BCUT2D eigenvalue weighted by molar-refractivity contribution is 7.93. The van der Waals surface area contributed by atoms with E-state index in [1.165, 1.54) is 0 Å². The number of benzene rings is 1. The lowest BCUT2D eigenvalue weighted by Gasteiger charge is -2.34. The average Bonchev–Trinajstić information content (AvgIpc) is 2.53. The molecule has 0 aromatic heterocycles. The number of carbonyl (C=O) groups is 1. The van der Waals surface area contributed by atoms with Gasteiger partial charge >= 0.3 is 0 Å². The van der Waals surface area contributed by atoms with E-state index in [1.807, 2.05) is 6.08 Å². The molecule has 0 heterocycles. The zero-order valence-corrected chi connectivity index (χ0v) is 16.7. The SMILES string of the molecule is C[Si](C)(C)C/C=C/CC1(S(=O)(=O)c2ccccc2)CCCCC1=O. The van der Waals surface area contributed by atoms with E-state index in [1.54, 1.807) is 30.3 Å². The van der Waals surface area contributed by atoms with Gasteiger partial charge in [-0.25, -0.2) is 8.42 Å². The highest BCUT2D eigenvalue weighted by Crippen LogP contribution is 2.39. The summed E-state index contributed by atoms with van der Waals surface area (Å²) in [4.78, 5) is 13.0. The van der Waals surface area contributed by atoms with Crippen LogP contribution in [-0.4, -0.2) is 27.0 Å². The Labute approximate surface area is 147 Å². The van der Waals surface area contributed by atoms with Crippen molar-refractivity contribution in [2.24, 2.45) is 0 Å². The topological polar surface area (TPSA) is 51.2 Å². The summed E-state index contributed by atoms with van der Waals surface area (Å²) in [7, 11) is -4.89. The predicted octanol–water partition coefficient (Wildman–Crippen LogP) is 4.63. The highest BCUT2D eigenvalue weighted by Gasteiger charge is 2.50. The largest absolute Gasteiger partial charge is 0.298 e. The minimum absolute atomic E-state index is 0.116. The molecule has 0 bridgehead atoms. The summed E-state index contributed by atoms with van der Waals surface area (Å²) >= 11 is 0. The molecule has 1 fully saturated rings. The van der Waals surface area contributed by atoms with Crippen LogP contribution in [-0.2, 0) is 14.6 Å². The average molecular weight is 365 g/mol. The van der Waals surface area contributed by atoms with Crippen molar-refractivity contribution in [2.75, 3.05) is 0 Å². The number of ketones is 1. The molecular formula is C19H28O3SSi. The monoisotopic (exact) mass is 364 g/mol. The van der Waals surface area contributed by atoms with Gasteiger partial charge in [0.15, 0.2) is 15.6 Å². The molecule has 1 aliphatic rings. The summed E-state index contributed by atoms with van der Waals surface area (Å²) in [5, 5.41) is 0. The first-order chi connectivity index (χ1) is 11.2. The third kappa shape index (κ3) is 4.06. The smallest absolute Gasteiger partial charge is 0.191 e. The zero-order valence-electron chi connectivity index (χ0n) is 14.9. The molecular weight excluding hydrogens is 336 g/mol. The molecule has 0 spiro atoms. The molecule has 0 saturated heterocycles. The lowest BCUT2D eigenvalue weighted by Crippen LogP contribution is -2.48. The molecule has 1 aromatic carbocycles. The van der Waals surface area contributed by atoms with Crippen LogP contribution in [0.5, 0.6) is 0 Å². The number of allylic oxidation sites excluding steroid dienone is 2. The fraction of sp³-hybridized carbons (Fsp3) is 0.526. The standard InChI is InChI=1S/C19H28O3SSi/c1-24(2,3)16-10-9-15-19(14-8-7-13-18(19)20)23(21,22)17-11-5-4-6-12-17/h4-6,9-12H,7-8,13-16H2,1-3H3/b10-9+. The molecule has 1 atom stereocenters. The van der Waals surface area contributed by atoms with E-state index in [9.17, 15) is 13.2 Å². The maximum atomic E-state index is 13.3. The van der Waals surface area contributed by atoms with E-state index in [-0.39, 0.29) is 10.7 Å². The first kappa shape index (κ1) is 19.1. The van der Waals surface area contributed by atoms with Gasteiger partial charge in [0.1, 0.15) is 4.75 Å². The molecule has 0 radical (unpaired) electrons. The second kappa shape index (κ2) is 7.36. The first-order valence-electron chi connectivity index (χ1n) is 8.67. The van der Waals surface area contributed by atoms with Crippen LogP contribution in [0.1, 0.15) is 32.1 Å². The summed E-state index contributed by atoms with van der Waals surface area (Å²) in [5.41, 5.74) is 0. The molecule has 1 aliphatic carbocycles. The third-order valence-corrected chi connectivity index (χ3v) is 8.64. The van der Waals surface area contributed by atoms with Gasteiger partial charge in [-0.2, -0.15) is 0 Å². The van der Waals surface area contributed by atoms with Crippen LogP contribution in [0.2, 0.25) is 25.7 Å². The van der Waals surface area contributed by atoms with Gasteiger partial charge in [0.2, 0.25) is 0 Å². The lowest BCUT2D eigenvalue weighted by molar-refractivity contribution is -0.123. The van der Waals surface area contributed by atoms with Crippen LogP contribution >= 0.6 is 0 Å². The Bertz CT molecular complexity index is 702. The summed E-state index contributed by atoms with van der Waals surface area (Å²) in [5.74, 6) is -0.116. The molecule has 5 heteroatoms. The van der Waals surface area contributed by atoms with Gasteiger partial charge in [-0.1, -0.05) is 56.4 Å². The summed E-state index contributed by atoms with van der Waals surface area (Å²) in [6, 6.07) is 9.43. The molecule has 2 rings (SSSR count). The van der Waals surface area contributed by atoms with Gasteiger partial charge in [-0.3, -0.25) is 4.79 Å². The Morgan fingerprint density at radius 1 is 1.08 bits per heavy atom. The minimum Gasteiger partial charge on any atom is -0.298 e. The van der Waals surface area contributed by atoms with E-state index >= 15 is 0 Å². The number of hydrogen-bond donors (Lipinski definition) is 0. The van der Waals surface area contributed by atoms with Gasteiger partial charge in [-0.15, -0.1) is 0 Å². The second-order valence-corrected chi connectivity index (χ2v) is 15.7. The van der Waals surface area contributed by atoms with Gasteiger partial charge in [0, 0.05) is 14.5 Å². The molecule has 3 nitrogen and oxygen atoms in total. The minimum atomic E-state index is -3.68. The van der Waals surface area contributed by atoms with Gasteiger partial charge in [0.25, 0.3) is 0 Å². The second-order valence-electron chi connectivity index (χ2n) is 7.88. The Balaban J connectivity index is 2.36. The number of hydrogen-bond acceptors (Lipinski definition) is 3. The van der Waals surface area contributed by atoms with Gasteiger partial charge in [0.05, 0.1) is 4.90 Å². The lowest BCUT2D eigenvalue weighted by atomic mass is 9.84. The van der Waals surface area contributed by atoms with Crippen LogP contribution in [0, 0.1) is 0 Å². The number of carbonyl (C=O) groups excluding carboxylic acids is 1. The van der Waals surface area contributed by atoms with E-state index in [4.69, 9.17) is 0 Å². The molecule has 0 amide bonds. The quantitative estimate of drug-likeness (QED) is 0.546. The number of rotatable bonds is 6. The Kier molecular flexibility index (Phi) is 5.86. The normalized spacial score (nSPS) is 22.9. The maximum Gasteiger partial charge on any atom is 0.191 e. The summed E-state index contributed by atoms with van der Waals surface area (Å²) in [6.07, 6.45) is 6.70. The van der Waals surface area contributed by atoms with Crippen LogP contribution in [0.15, 0.2) is 47.4 Å². The third-order valence-electron chi connectivity index (χ3n) is 4.66. The van der Waals surface area contributed by atoms with E-state index < -0.39 is 22.7 Å². The molecule has 24 heavy (non-hydrogen) atoms. The molecule has 132 valence electrons. The van der Waals surface area contributed by atoms with Crippen molar-refractivity contribution in [2.45, 2.75) is 67.4 Å². The summed E-state index contributed by atoms with van der Waals surface area (Å²) < 4.78 is 25.3. The van der Waals surface area contributed by atoms with Crippen molar-refractivity contribution >= 4 is 23.7 Å². The van der Waals surface area contributed by atoms with E-state index in [0.717, 1.165) is 18.9 Å². The number of sulfone groups is 1. The summed E-state index contributed by atoms with van der Waals surface area (Å²) in [6.45, 7) is 6.83.